The van der Waals surface area contributed by atoms with Gasteiger partial charge in [0.1, 0.15) is 17.5 Å². The van der Waals surface area contributed by atoms with E-state index >= 15 is 0 Å². The van der Waals surface area contributed by atoms with Crippen molar-refractivity contribution in [1.82, 2.24) is 0 Å². The van der Waals surface area contributed by atoms with Gasteiger partial charge in [0, 0.05) is 18.2 Å². The Bertz CT molecular complexity index is 182. The fourth-order valence-corrected chi connectivity index (χ4v) is 0.520. The van der Waals surface area contributed by atoms with E-state index in [9.17, 15) is 13.2 Å². The molecule has 0 fully saturated rings. The smallest absolute Gasteiger partial charge is 0.129 e. The van der Waals surface area contributed by atoms with Crippen molar-refractivity contribution in [3.8, 4) is 0 Å². The quantitative estimate of drug-likeness (QED) is 0.512. The van der Waals surface area contributed by atoms with Crippen molar-refractivity contribution >= 4 is 0 Å². The van der Waals surface area contributed by atoms with E-state index in [2.05, 4.69) is 13.2 Å². The minimum Gasteiger partial charge on any atom is -0.207 e. The second-order valence-electron chi connectivity index (χ2n) is 1.59. The van der Waals surface area contributed by atoms with Gasteiger partial charge in [-0.3, -0.25) is 0 Å². The molecule has 0 amide bonds. The molecule has 1 rings (SSSR count). The summed E-state index contributed by atoms with van der Waals surface area (Å²) in [6, 6.07) is 1.84. The summed E-state index contributed by atoms with van der Waals surface area (Å²) in [5.74, 6) is -2.69. The molecule has 1 aromatic carbocycles. The molecule has 0 bridgehead atoms. The molecule has 0 unspecified atom stereocenters. The van der Waals surface area contributed by atoms with Crippen molar-refractivity contribution in [2.24, 2.45) is 0 Å². The monoisotopic (exact) mass is 160 g/mol. The summed E-state index contributed by atoms with van der Waals surface area (Å²) in [5, 5.41) is 0. The fourth-order valence-electron chi connectivity index (χ4n) is 0.520. The highest BCUT2D eigenvalue weighted by Crippen LogP contribution is 2.04. The van der Waals surface area contributed by atoms with E-state index in [1.807, 2.05) is 0 Å². The highest BCUT2D eigenvalue weighted by Gasteiger charge is 1.96. The lowest BCUT2D eigenvalue weighted by atomic mass is 10.3. The molecule has 0 aliphatic rings. The normalized spacial score (nSPS) is 8.27. The second-order valence-corrected chi connectivity index (χ2v) is 1.59. The zero-order valence-electron chi connectivity index (χ0n) is 5.78. The van der Waals surface area contributed by atoms with Crippen LogP contribution in [0.4, 0.5) is 13.2 Å². The number of halogens is 3. The van der Waals surface area contributed by atoms with Crippen LogP contribution in [0.3, 0.4) is 0 Å². The highest BCUT2D eigenvalue weighted by atomic mass is 19.1. The topological polar surface area (TPSA) is 0 Å². The van der Waals surface area contributed by atoms with Crippen LogP contribution in [0.15, 0.2) is 31.4 Å². The van der Waals surface area contributed by atoms with E-state index in [1.165, 1.54) is 0 Å². The van der Waals surface area contributed by atoms with E-state index in [1.54, 1.807) is 0 Å². The molecule has 3 heteroatoms. The van der Waals surface area contributed by atoms with Crippen LogP contribution in [0, 0.1) is 17.5 Å². The third-order valence-corrected chi connectivity index (χ3v) is 0.827. The predicted octanol–water partition coefficient (Wildman–Crippen LogP) is 2.91. The Kier molecular flexibility index (Phi) is 4.03. The molecule has 0 radical (unpaired) electrons. The zero-order chi connectivity index (χ0) is 8.85. The molecular formula is C8H7F3. The molecule has 0 aromatic heterocycles. The molecule has 0 N–H and O–H groups in total. The summed E-state index contributed by atoms with van der Waals surface area (Å²) in [6.07, 6.45) is 0. The number of hydrogen-bond acceptors (Lipinski definition) is 0. The van der Waals surface area contributed by atoms with Crippen molar-refractivity contribution in [3.05, 3.63) is 48.8 Å². The van der Waals surface area contributed by atoms with Crippen molar-refractivity contribution in [3.63, 3.8) is 0 Å². The van der Waals surface area contributed by atoms with Gasteiger partial charge >= 0.3 is 0 Å². The molecule has 11 heavy (non-hydrogen) atoms. The van der Waals surface area contributed by atoms with E-state index in [4.69, 9.17) is 0 Å². The molecule has 0 spiro atoms. The maximum absolute atomic E-state index is 11.9. The summed E-state index contributed by atoms with van der Waals surface area (Å²) >= 11 is 0. The van der Waals surface area contributed by atoms with Crippen molar-refractivity contribution in [1.29, 1.82) is 0 Å². The summed E-state index contributed by atoms with van der Waals surface area (Å²) in [4.78, 5) is 0. The number of rotatable bonds is 0. The van der Waals surface area contributed by atoms with Crippen LogP contribution in [0.5, 0.6) is 0 Å². The first kappa shape index (κ1) is 9.75. The first-order chi connectivity index (χ1) is 5.18. The fraction of sp³-hybridized carbons (Fsp3) is 0. The highest BCUT2D eigenvalue weighted by molar-refractivity contribution is 5.07. The third-order valence-electron chi connectivity index (χ3n) is 0.827. The first-order valence-electron chi connectivity index (χ1n) is 2.80. The average Bonchev–Trinajstić information content (AvgIpc) is 1.88. The molecule has 0 atom stereocenters. The maximum atomic E-state index is 11.9. The average molecular weight is 160 g/mol. The van der Waals surface area contributed by atoms with Gasteiger partial charge in [-0.05, 0) is 0 Å². The standard InChI is InChI=1S/C6H3F3.C2H4/c7-4-1-5(8)3-6(9)2-4;1-2/h1-3H;1-2H2. The Hall–Kier alpha value is -1.25. The van der Waals surface area contributed by atoms with Crippen LogP contribution in [0.1, 0.15) is 0 Å². The van der Waals surface area contributed by atoms with E-state index in [-0.39, 0.29) is 0 Å². The van der Waals surface area contributed by atoms with Crippen LogP contribution >= 0.6 is 0 Å². The predicted molar refractivity (Wildman–Crippen MR) is 37.6 cm³/mol. The summed E-state index contributed by atoms with van der Waals surface area (Å²) in [5.41, 5.74) is 0. The molecule has 0 saturated carbocycles. The minimum atomic E-state index is -0.896. The summed E-state index contributed by atoms with van der Waals surface area (Å²) in [6.45, 7) is 6.00. The van der Waals surface area contributed by atoms with Crippen molar-refractivity contribution < 1.29 is 13.2 Å². The maximum Gasteiger partial charge on any atom is 0.129 e. The van der Waals surface area contributed by atoms with Gasteiger partial charge in [-0.1, -0.05) is 0 Å². The van der Waals surface area contributed by atoms with Crippen LogP contribution in [-0.4, -0.2) is 0 Å². The van der Waals surface area contributed by atoms with Gasteiger partial charge in [0.25, 0.3) is 0 Å². The number of hydrogen-bond donors (Lipinski definition) is 0. The summed E-state index contributed by atoms with van der Waals surface area (Å²) in [7, 11) is 0. The molecule has 0 aliphatic heterocycles. The Morgan fingerprint density at radius 3 is 1.09 bits per heavy atom. The van der Waals surface area contributed by atoms with Crippen LogP contribution in [0.2, 0.25) is 0 Å². The van der Waals surface area contributed by atoms with Gasteiger partial charge < -0.3 is 0 Å². The number of benzene rings is 1. The molecule has 60 valence electrons. The van der Waals surface area contributed by atoms with Crippen LogP contribution in [0.25, 0.3) is 0 Å². The SMILES string of the molecule is C=C.Fc1cc(F)cc(F)c1. The van der Waals surface area contributed by atoms with E-state index in [0.717, 1.165) is 0 Å². The lowest BCUT2D eigenvalue weighted by molar-refractivity contribution is 0.543. The Morgan fingerprint density at radius 2 is 0.909 bits per heavy atom. The summed E-state index contributed by atoms with van der Waals surface area (Å²) < 4.78 is 35.8. The molecule has 0 aliphatic carbocycles. The minimum absolute atomic E-state index is 0.614. The zero-order valence-corrected chi connectivity index (χ0v) is 5.78. The van der Waals surface area contributed by atoms with Gasteiger partial charge in [-0.15, -0.1) is 13.2 Å². The van der Waals surface area contributed by atoms with E-state index in [0.29, 0.717) is 18.2 Å². The van der Waals surface area contributed by atoms with Crippen LogP contribution in [-0.2, 0) is 0 Å². The molecule has 0 heterocycles. The van der Waals surface area contributed by atoms with Gasteiger partial charge in [0.05, 0.1) is 0 Å². The van der Waals surface area contributed by atoms with Crippen molar-refractivity contribution in [2.75, 3.05) is 0 Å². The first-order valence-corrected chi connectivity index (χ1v) is 2.80. The van der Waals surface area contributed by atoms with E-state index < -0.39 is 17.5 Å². The molecule has 0 saturated heterocycles. The molecule has 1 aromatic rings. The second kappa shape index (κ2) is 4.55. The lowest BCUT2D eigenvalue weighted by Gasteiger charge is -1.88. The van der Waals surface area contributed by atoms with Gasteiger partial charge in [0.15, 0.2) is 0 Å². The van der Waals surface area contributed by atoms with Gasteiger partial charge in [0.2, 0.25) is 0 Å². The lowest BCUT2D eigenvalue weighted by Crippen LogP contribution is -1.81. The Morgan fingerprint density at radius 1 is 0.727 bits per heavy atom. The van der Waals surface area contributed by atoms with Gasteiger partial charge in [-0.2, -0.15) is 0 Å². The largest absolute Gasteiger partial charge is 0.207 e. The Balaban J connectivity index is 0.000000461. The van der Waals surface area contributed by atoms with Gasteiger partial charge in [-0.25, -0.2) is 13.2 Å². The van der Waals surface area contributed by atoms with Crippen LogP contribution < -0.4 is 0 Å². The Labute approximate surface area is 63.0 Å². The third kappa shape index (κ3) is 3.45. The van der Waals surface area contributed by atoms with Crippen molar-refractivity contribution in [2.45, 2.75) is 0 Å². The molecule has 0 nitrogen and oxygen atoms in total. The molecular weight excluding hydrogens is 153 g/mol.